The predicted octanol–water partition coefficient (Wildman–Crippen LogP) is 19.1. The molecule has 0 rings (SSSR count). The van der Waals surface area contributed by atoms with Crippen molar-refractivity contribution < 1.29 is 80.2 Å². The van der Waals surface area contributed by atoms with Crippen LogP contribution in [0.25, 0.3) is 0 Å². The summed E-state index contributed by atoms with van der Waals surface area (Å²) in [5.41, 5.74) is 0. The molecule has 0 amide bonds. The second-order valence-corrected chi connectivity index (χ2v) is 28.9. The van der Waals surface area contributed by atoms with Crippen LogP contribution in [-0.2, 0) is 65.4 Å². The molecule has 0 aliphatic rings. The molecule has 0 aliphatic carbocycles. The van der Waals surface area contributed by atoms with Gasteiger partial charge < -0.3 is 33.8 Å². The van der Waals surface area contributed by atoms with Crippen molar-refractivity contribution in [3.63, 3.8) is 0 Å². The predicted molar refractivity (Wildman–Crippen MR) is 349 cm³/mol. The van der Waals surface area contributed by atoms with Crippen molar-refractivity contribution in [3.05, 3.63) is 0 Å². The third-order valence-electron chi connectivity index (χ3n) is 15.6. The van der Waals surface area contributed by atoms with Crippen LogP contribution in [0, 0.1) is 17.8 Å². The van der Waals surface area contributed by atoms with E-state index in [-0.39, 0.29) is 25.7 Å². The van der Waals surface area contributed by atoms with Gasteiger partial charge in [-0.3, -0.25) is 37.3 Å². The molecule has 19 heteroatoms. The van der Waals surface area contributed by atoms with Gasteiger partial charge >= 0.3 is 39.5 Å². The number of unbranched alkanes of at least 4 members (excludes halogenated alkanes) is 34. The van der Waals surface area contributed by atoms with Crippen LogP contribution in [-0.4, -0.2) is 96.7 Å². The number of carbonyl (C=O) groups excluding carboxylic acids is 4. The average Bonchev–Trinajstić information content (AvgIpc) is 3.62. The molecule has 0 bridgehead atoms. The van der Waals surface area contributed by atoms with Crippen LogP contribution in [0.15, 0.2) is 0 Å². The maximum atomic E-state index is 13.0. The molecular formula is C68H132O17P2. The van der Waals surface area contributed by atoms with Crippen molar-refractivity contribution in [2.45, 2.75) is 356 Å². The van der Waals surface area contributed by atoms with E-state index >= 15 is 0 Å². The molecule has 2 unspecified atom stereocenters. The van der Waals surface area contributed by atoms with E-state index in [1.807, 2.05) is 0 Å². The Kier molecular flexibility index (Phi) is 57.8. The Bertz CT molecular complexity index is 1720. The number of aliphatic hydroxyl groups is 1. The van der Waals surface area contributed by atoms with E-state index in [1.165, 1.54) is 141 Å². The van der Waals surface area contributed by atoms with Crippen LogP contribution in [0.1, 0.15) is 337 Å². The fourth-order valence-corrected chi connectivity index (χ4v) is 11.8. The summed E-state index contributed by atoms with van der Waals surface area (Å²) in [7, 11) is -9.89. The van der Waals surface area contributed by atoms with Gasteiger partial charge in [0.05, 0.1) is 26.4 Å². The van der Waals surface area contributed by atoms with Gasteiger partial charge in [-0.1, -0.05) is 286 Å². The van der Waals surface area contributed by atoms with Gasteiger partial charge in [-0.25, -0.2) is 9.13 Å². The highest BCUT2D eigenvalue weighted by molar-refractivity contribution is 7.47. The molecule has 0 radical (unpaired) electrons. The first-order chi connectivity index (χ1) is 41.7. The standard InChI is InChI=1S/C68H132O17P2/c1-8-9-10-11-12-28-35-42-49-65(70)78-55-64(85-68(73)52-45-38-31-24-27-34-41-48-61(6)7)58-83-87(76,77)81-54-62(69)53-80-86(74,75)82-57-63(56-79-66(71)50-43-36-29-23-22-26-33-40-47-60(4)5)84-67(72)51-44-37-30-21-19-17-15-13-14-16-18-20-25-32-39-46-59(2)3/h59-64,69H,8-58H2,1-7H3,(H,74,75)(H,76,77)/t62-,63-,64-/m1/s1. The van der Waals surface area contributed by atoms with E-state index in [9.17, 15) is 43.2 Å². The van der Waals surface area contributed by atoms with Crippen LogP contribution >= 0.6 is 15.6 Å². The Morgan fingerprint density at radius 1 is 0.310 bits per heavy atom. The summed E-state index contributed by atoms with van der Waals surface area (Å²) < 4.78 is 68.1. The Morgan fingerprint density at radius 2 is 0.529 bits per heavy atom. The van der Waals surface area contributed by atoms with Gasteiger partial charge in [0.25, 0.3) is 0 Å². The second kappa shape index (κ2) is 59.1. The minimum absolute atomic E-state index is 0.103. The smallest absolute Gasteiger partial charge is 0.462 e. The van der Waals surface area contributed by atoms with Gasteiger partial charge in [0, 0.05) is 25.7 Å². The molecule has 0 heterocycles. The summed E-state index contributed by atoms with van der Waals surface area (Å²) in [5, 5.41) is 10.6. The zero-order valence-electron chi connectivity index (χ0n) is 56.5. The highest BCUT2D eigenvalue weighted by atomic mass is 31.2. The number of carbonyl (C=O) groups is 4. The molecule has 3 N–H and O–H groups in total. The quantitative estimate of drug-likeness (QED) is 0.0222. The largest absolute Gasteiger partial charge is 0.472 e. The molecule has 0 aromatic carbocycles. The number of hydrogen-bond donors (Lipinski definition) is 3. The zero-order chi connectivity index (χ0) is 64.5. The van der Waals surface area contributed by atoms with Gasteiger partial charge in [-0.05, 0) is 43.4 Å². The molecule has 87 heavy (non-hydrogen) atoms. The average molecular weight is 1280 g/mol. The molecule has 17 nitrogen and oxygen atoms in total. The zero-order valence-corrected chi connectivity index (χ0v) is 58.3. The summed E-state index contributed by atoms with van der Waals surface area (Å²) in [6.45, 7) is 11.7. The monoisotopic (exact) mass is 1280 g/mol. The van der Waals surface area contributed by atoms with E-state index in [2.05, 4.69) is 48.5 Å². The molecule has 516 valence electrons. The van der Waals surface area contributed by atoms with Crippen molar-refractivity contribution in [1.29, 1.82) is 0 Å². The molecule has 0 aliphatic heterocycles. The van der Waals surface area contributed by atoms with Gasteiger partial charge in [-0.2, -0.15) is 0 Å². The van der Waals surface area contributed by atoms with Crippen molar-refractivity contribution in [3.8, 4) is 0 Å². The number of rotatable bonds is 66. The van der Waals surface area contributed by atoms with Crippen LogP contribution in [0.5, 0.6) is 0 Å². The maximum Gasteiger partial charge on any atom is 0.472 e. The van der Waals surface area contributed by atoms with Crippen molar-refractivity contribution in [1.82, 2.24) is 0 Å². The lowest BCUT2D eigenvalue weighted by Gasteiger charge is -2.21. The Balaban J connectivity index is 5.19. The van der Waals surface area contributed by atoms with E-state index in [0.29, 0.717) is 31.6 Å². The molecule has 0 saturated heterocycles. The lowest BCUT2D eigenvalue weighted by Crippen LogP contribution is -2.30. The minimum atomic E-state index is -4.95. The van der Waals surface area contributed by atoms with E-state index in [4.69, 9.17) is 37.0 Å². The normalized spacial score (nSPS) is 14.3. The third kappa shape index (κ3) is 62.6. The number of phosphoric acid groups is 2. The molecule has 0 saturated carbocycles. The van der Waals surface area contributed by atoms with Crippen molar-refractivity contribution >= 4 is 39.5 Å². The number of phosphoric ester groups is 2. The molecule has 0 spiro atoms. The van der Waals surface area contributed by atoms with Crippen LogP contribution in [0.4, 0.5) is 0 Å². The first-order valence-corrected chi connectivity index (χ1v) is 38.3. The van der Waals surface area contributed by atoms with Crippen LogP contribution in [0.3, 0.4) is 0 Å². The first kappa shape index (κ1) is 85.1. The van der Waals surface area contributed by atoms with Gasteiger partial charge in [0.2, 0.25) is 0 Å². The summed E-state index contributed by atoms with van der Waals surface area (Å²) in [4.78, 5) is 72.3. The lowest BCUT2D eigenvalue weighted by atomic mass is 10.0. The third-order valence-corrected chi connectivity index (χ3v) is 17.5. The SMILES string of the molecule is CCCCCCCCCCC(=O)OC[C@H](COP(=O)(O)OC[C@H](O)COP(=O)(O)OC[C@@H](COC(=O)CCCCCCCCCCC(C)C)OC(=O)CCCCCCCCCCCCCCCCCC(C)C)OC(=O)CCCCCCCCCC(C)C. The molecular weight excluding hydrogens is 1150 g/mol. The minimum Gasteiger partial charge on any atom is -0.462 e. The molecule has 0 aromatic heterocycles. The number of esters is 4. The van der Waals surface area contributed by atoms with Gasteiger partial charge in [0.1, 0.15) is 19.3 Å². The van der Waals surface area contributed by atoms with Crippen molar-refractivity contribution in [2.75, 3.05) is 39.6 Å². The fourth-order valence-electron chi connectivity index (χ4n) is 10.2. The number of hydrogen-bond acceptors (Lipinski definition) is 15. The van der Waals surface area contributed by atoms with Crippen molar-refractivity contribution in [2.24, 2.45) is 17.8 Å². The highest BCUT2D eigenvalue weighted by Gasteiger charge is 2.30. The summed E-state index contributed by atoms with van der Waals surface area (Å²) >= 11 is 0. The number of ether oxygens (including phenoxy) is 4. The molecule has 0 fully saturated rings. The van der Waals surface area contributed by atoms with E-state index < -0.39 is 97.5 Å². The summed E-state index contributed by atoms with van der Waals surface area (Å²) in [6, 6.07) is 0. The maximum absolute atomic E-state index is 13.0. The van der Waals surface area contributed by atoms with Gasteiger partial charge in [-0.15, -0.1) is 0 Å². The Labute approximate surface area is 530 Å². The number of aliphatic hydroxyl groups excluding tert-OH is 1. The van der Waals surface area contributed by atoms with E-state index in [0.717, 1.165) is 108 Å². The second-order valence-electron chi connectivity index (χ2n) is 26.0. The first-order valence-electron chi connectivity index (χ1n) is 35.3. The topological polar surface area (TPSA) is 237 Å². The van der Waals surface area contributed by atoms with Crippen LogP contribution < -0.4 is 0 Å². The highest BCUT2D eigenvalue weighted by Crippen LogP contribution is 2.45. The lowest BCUT2D eigenvalue weighted by molar-refractivity contribution is -0.161. The fraction of sp³-hybridized carbons (Fsp3) is 0.941. The van der Waals surface area contributed by atoms with Gasteiger partial charge in [0.15, 0.2) is 12.2 Å². The Hall–Kier alpha value is -1.94. The Morgan fingerprint density at radius 3 is 0.782 bits per heavy atom. The van der Waals surface area contributed by atoms with Crippen LogP contribution in [0.2, 0.25) is 0 Å². The summed E-state index contributed by atoms with van der Waals surface area (Å²) in [6.07, 6.45) is 41.9. The van der Waals surface area contributed by atoms with E-state index in [1.54, 1.807) is 0 Å². The summed E-state index contributed by atoms with van der Waals surface area (Å²) in [5.74, 6) is 0.0904. The molecule has 0 aromatic rings. The molecule has 5 atom stereocenters.